The van der Waals surface area contributed by atoms with E-state index < -0.39 is 10.0 Å². The molecule has 0 bridgehead atoms. The summed E-state index contributed by atoms with van der Waals surface area (Å²) in [6.45, 7) is 4.67. The maximum absolute atomic E-state index is 12.7. The van der Waals surface area contributed by atoms with Crippen LogP contribution in [0.15, 0.2) is 59.6 Å². The highest BCUT2D eigenvalue weighted by Crippen LogP contribution is 2.33. The molecule has 1 fully saturated rings. The Balaban J connectivity index is 1.48. The van der Waals surface area contributed by atoms with Crippen molar-refractivity contribution in [3.63, 3.8) is 0 Å². The highest BCUT2D eigenvalue weighted by Gasteiger charge is 2.23. The average molecular weight is 482 g/mol. The molecule has 1 aliphatic rings. The average Bonchev–Trinajstić information content (AvgIpc) is 3.54. The predicted molar refractivity (Wildman–Crippen MR) is 131 cm³/mol. The Hall–Kier alpha value is -3.04. The van der Waals surface area contributed by atoms with Crippen molar-refractivity contribution in [1.82, 2.24) is 24.4 Å². The summed E-state index contributed by atoms with van der Waals surface area (Å²) in [6, 6.07) is 14.2. The van der Waals surface area contributed by atoms with Crippen molar-refractivity contribution < 1.29 is 13.2 Å². The number of nitrogens with one attached hydrogen (secondary N) is 1. The molecule has 1 saturated carbocycles. The Morgan fingerprint density at radius 2 is 1.79 bits per heavy atom. The SMILES string of the molecule is CCN(CC)S(=O)(=O)c1ccc(C(=O)NCc2cc(-c3ccccn3)n(C3CCCC3)n2)cc1. The molecular formula is C25H31N5O3S. The standard InChI is InChI=1S/C25H31N5O3S/c1-3-29(4-2)34(32,33)22-14-12-19(13-15-22)25(31)27-18-20-17-24(23-11-7-8-16-26-23)30(28-20)21-9-5-6-10-21/h7-8,11-17,21H,3-6,9-10,18H2,1-2H3,(H,27,31). The van der Waals surface area contributed by atoms with E-state index in [1.165, 1.54) is 29.3 Å². The molecule has 3 aromatic rings. The molecule has 1 aliphatic carbocycles. The Bertz CT molecular complexity index is 1210. The van der Waals surface area contributed by atoms with Gasteiger partial charge in [-0.3, -0.25) is 14.5 Å². The van der Waals surface area contributed by atoms with Gasteiger partial charge in [0.25, 0.3) is 5.91 Å². The number of pyridine rings is 1. The second-order valence-electron chi connectivity index (χ2n) is 8.42. The largest absolute Gasteiger partial charge is 0.346 e. The highest BCUT2D eigenvalue weighted by atomic mass is 32.2. The molecular weight excluding hydrogens is 450 g/mol. The van der Waals surface area contributed by atoms with E-state index in [0.29, 0.717) is 24.7 Å². The van der Waals surface area contributed by atoms with Crippen LogP contribution in [-0.2, 0) is 16.6 Å². The number of carbonyl (C=O) groups is 1. The number of benzene rings is 1. The van der Waals surface area contributed by atoms with Crippen LogP contribution in [0.3, 0.4) is 0 Å². The zero-order chi connectivity index (χ0) is 24.1. The van der Waals surface area contributed by atoms with Gasteiger partial charge in [-0.15, -0.1) is 0 Å². The summed E-state index contributed by atoms with van der Waals surface area (Å²) in [7, 11) is -3.55. The normalized spacial score (nSPS) is 14.6. The molecule has 180 valence electrons. The molecule has 0 aliphatic heterocycles. The van der Waals surface area contributed by atoms with Crippen molar-refractivity contribution in [3.8, 4) is 11.4 Å². The fourth-order valence-electron chi connectivity index (χ4n) is 4.43. The van der Waals surface area contributed by atoms with Crippen molar-refractivity contribution >= 4 is 15.9 Å². The van der Waals surface area contributed by atoms with Gasteiger partial charge >= 0.3 is 0 Å². The molecule has 4 rings (SSSR count). The third kappa shape index (κ3) is 5.05. The summed E-state index contributed by atoms with van der Waals surface area (Å²) in [4.78, 5) is 17.4. The Kier molecular flexibility index (Phi) is 7.43. The zero-order valence-electron chi connectivity index (χ0n) is 19.6. The Labute approximate surface area is 201 Å². The molecule has 0 atom stereocenters. The lowest BCUT2D eigenvalue weighted by Gasteiger charge is -2.18. The molecule has 34 heavy (non-hydrogen) atoms. The van der Waals surface area contributed by atoms with Crippen molar-refractivity contribution in [2.75, 3.05) is 13.1 Å². The number of carbonyl (C=O) groups excluding carboxylic acids is 1. The van der Waals surface area contributed by atoms with Gasteiger partial charge in [0.2, 0.25) is 10.0 Å². The summed E-state index contributed by atoms with van der Waals surface area (Å²) in [6.07, 6.45) is 6.34. The van der Waals surface area contributed by atoms with Crippen LogP contribution in [0.1, 0.15) is 61.6 Å². The van der Waals surface area contributed by atoms with Crippen molar-refractivity contribution in [2.24, 2.45) is 0 Å². The van der Waals surface area contributed by atoms with Crippen LogP contribution < -0.4 is 5.32 Å². The van der Waals surface area contributed by atoms with Gasteiger partial charge in [0.05, 0.1) is 34.6 Å². The van der Waals surface area contributed by atoms with E-state index in [-0.39, 0.29) is 17.3 Å². The molecule has 0 spiro atoms. The minimum Gasteiger partial charge on any atom is -0.346 e. The van der Waals surface area contributed by atoms with E-state index in [2.05, 4.69) is 15.0 Å². The van der Waals surface area contributed by atoms with Gasteiger partial charge in [0.15, 0.2) is 0 Å². The quantitative estimate of drug-likeness (QED) is 0.498. The van der Waals surface area contributed by atoms with Crippen LogP contribution in [0, 0.1) is 0 Å². The maximum Gasteiger partial charge on any atom is 0.251 e. The Morgan fingerprint density at radius 3 is 2.41 bits per heavy atom. The van der Waals surface area contributed by atoms with Gasteiger partial charge in [0.1, 0.15) is 0 Å². The zero-order valence-corrected chi connectivity index (χ0v) is 20.5. The molecule has 8 nitrogen and oxygen atoms in total. The second kappa shape index (κ2) is 10.5. The minimum absolute atomic E-state index is 0.183. The lowest BCUT2D eigenvalue weighted by atomic mass is 10.2. The molecule has 1 aromatic carbocycles. The van der Waals surface area contributed by atoms with Crippen molar-refractivity contribution in [3.05, 3.63) is 66.0 Å². The van der Waals surface area contributed by atoms with Crippen LogP contribution in [0.25, 0.3) is 11.4 Å². The third-order valence-corrected chi connectivity index (χ3v) is 8.34. The van der Waals surface area contributed by atoms with Gasteiger partial charge in [-0.25, -0.2) is 8.42 Å². The lowest BCUT2D eigenvalue weighted by molar-refractivity contribution is 0.0950. The highest BCUT2D eigenvalue weighted by molar-refractivity contribution is 7.89. The number of rotatable bonds is 9. The molecule has 0 radical (unpaired) electrons. The number of amides is 1. The van der Waals surface area contributed by atoms with Crippen LogP contribution in [0.2, 0.25) is 0 Å². The van der Waals surface area contributed by atoms with E-state index in [1.54, 1.807) is 32.2 Å². The van der Waals surface area contributed by atoms with Crippen molar-refractivity contribution in [2.45, 2.75) is 57.0 Å². The van der Waals surface area contributed by atoms with Gasteiger partial charge < -0.3 is 5.32 Å². The first-order chi connectivity index (χ1) is 16.4. The number of aromatic nitrogens is 3. The fourth-order valence-corrected chi connectivity index (χ4v) is 5.89. The van der Waals surface area contributed by atoms with Crippen LogP contribution in [0.5, 0.6) is 0 Å². The lowest BCUT2D eigenvalue weighted by Crippen LogP contribution is -2.30. The smallest absolute Gasteiger partial charge is 0.251 e. The van der Waals surface area contributed by atoms with Crippen LogP contribution in [-0.4, -0.2) is 46.5 Å². The van der Waals surface area contributed by atoms with Crippen molar-refractivity contribution in [1.29, 1.82) is 0 Å². The molecule has 1 N–H and O–H groups in total. The van der Waals surface area contributed by atoms with E-state index in [4.69, 9.17) is 5.10 Å². The number of sulfonamides is 1. The molecule has 9 heteroatoms. The van der Waals surface area contributed by atoms with E-state index >= 15 is 0 Å². The van der Waals surface area contributed by atoms with Gasteiger partial charge in [-0.1, -0.05) is 32.8 Å². The Morgan fingerprint density at radius 1 is 1.09 bits per heavy atom. The minimum atomic E-state index is -3.55. The van der Waals surface area contributed by atoms with Gasteiger partial charge in [0, 0.05) is 24.8 Å². The topological polar surface area (TPSA) is 97.2 Å². The molecule has 2 heterocycles. The monoisotopic (exact) mass is 481 g/mol. The predicted octanol–water partition coefficient (Wildman–Crippen LogP) is 4.02. The molecule has 2 aromatic heterocycles. The van der Waals surface area contributed by atoms with E-state index in [1.807, 2.05) is 24.3 Å². The molecule has 0 unspecified atom stereocenters. The van der Waals surface area contributed by atoms with E-state index in [9.17, 15) is 13.2 Å². The number of hydrogen-bond donors (Lipinski definition) is 1. The first-order valence-electron chi connectivity index (χ1n) is 11.8. The summed E-state index contributed by atoms with van der Waals surface area (Å²) < 4.78 is 28.8. The third-order valence-electron chi connectivity index (χ3n) is 6.27. The summed E-state index contributed by atoms with van der Waals surface area (Å²) in [5, 5.41) is 7.70. The molecule has 0 saturated heterocycles. The molecule has 1 amide bonds. The van der Waals surface area contributed by atoms with Gasteiger partial charge in [-0.2, -0.15) is 9.40 Å². The fraction of sp³-hybridized carbons (Fsp3) is 0.400. The number of nitrogens with zero attached hydrogens (tertiary/aromatic N) is 4. The first-order valence-corrected chi connectivity index (χ1v) is 13.3. The van der Waals surface area contributed by atoms with E-state index in [0.717, 1.165) is 29.9 Å². The second-order valence-corrected chi connectivity index (χ2v) is 10.4. The summed E-state index contributed by atoms with van der Waals surface area (Å²) >= 11 is 0. The number of hydrogen-bond acceptors (Lipinski definition) is 5. The first kappa shape index (κ1) is 24.1. The van der Waals surface area contributed by atoms with Crippen LogP contribution in [0.4, 0.5) is 0 Å². The summed E-state index contributed by atoms with van der Waals surface area (Å²) in [5.41, 5.74) is 2.99. The maximum atomic E-state index is 12.7. The van der Waals surface area contributed by atoms with Crippen LogP contribution >= 0.6 is 0 Å². The summed E-state index contributed by atoms with van der Waals surface area (Å²) in [5.74, 6) is -0.276. The van der Waals surface area contributed by atoms with Gasteiger partial charge in [-0.05, 0) is 55.3 Å².